The van der Waals surface area contributed by atoms with Crippen LogP contribution in [-0.2, 0) is 20.7 Å². The van der Waals surface area contributed by atoms with E-state index < -0.39 is 11.2 Å². The highest BCUT2D eigenvalue weighted by atomic mass is 79.9. The first-order valence-electron chi connectivity index (χ1n) is 12.4. The normalized spacial score (nSPS) is 16.2. The predicted octanol–water partition coefficient (Wildman–Crippen LogP) is 5.84. The molecule has 8 nitrogen and oxygen atoms in total. The molecule has 1 heterocycles. The number of aliphatic imine (C=N–C) groups is 1. The minimum atomic E-state index is -0.643. The zero-order chi connectivity index (χ0) is 27.8. The molecular formula is C29H28BrN3O5S. The molecule has 2 amide bonds. The Kier molecular flexibility index (Phi) is 9.78. The summed E-state index contributed by atoms with van der Waals surface area (Å²) in [6.45, 7) is 2.44. The molecule has 0 aromatic heterocycles. The Hall–Kier alpha value is -3.63. The standard InChI is InChI=1S/C29H28BrN3O5S/c1-3-38-28(36)20-6-10-23(11-7-20)32-29-33(17-16-19-4-14-24(37-2)15-5-19)26(34)18-25(39-29)27(35)31-22-12-8-21(30)9-13-22/h4-15,25H,3,16-18H2,1-2H3,(H,31,35)/t25-/m1/s1. The van der Waals surface area contributed by atoms with Gasteiger partial charge in [0.2, 0.25) is 11.8 Å². The third kappa shape index (κ3) is 7.70. The van der Waals surface area contributed by atoms with Gasteiger partial charge >= 0.3 is 5.97 Å². The fraction of sp³-hybridized carbons (Fsp3) is 0.241. The van der Waals surface area contributed by atoms with Crippen LogP contribution in [0.1, 0.15) is 29.3 Å². The molecule has 0 aliphatic carbocycles. The highest BCUT2D eigenvalue weighted by Crippen LogP contribution is 2.30. The van der Waals surface area contributed by atoms with Crippen molar-refractivity contribution in [3.63, 3.8) is 0 Å². The van der Waals surface area contributed by atoms with Gasteiger partial charge in [-0.1, -0.05) is 39.8 Å². The number of amidine groups is 1. The molecule has 202 valence electrons. The van der Waals surface area contributed by atoms with Gasteiger partial charge in [-0.25, -0.2) is 9.79 Å². The Labute approximate surface area is 239 Å². The lowest BCUT2D eigenvalue weighted by Gasteiger charge is -2.32. The Morgan fingerprint density at radius 3 is 2.38 bits per heavy atom. The number of hydrogen-bond acceptors (Lipinski definition) is 7. The maximum Gasteiger partial charge on any atom is 0.338 e. The molecule has 1 N–H and O–H groups in total. The topological polar surface area (TPSA) is 97.3 Å². The van der Waals surface area contributed by atoms with Crippen LogP contribution in [0.4, 0.5) is 11.4 Å². The van der Waals surface area contributed by atoms with E-state index in [1.807, 2.05) is 36.4 Å². The van der Waals surface area contributed by atoms with Crippen LogP contribution < -0.4 is 10.1 Å². The van der Waals surface area contributed by atoms with Crippen LogP contribution in [0.5, 0.6) is 5.75 Å². The van der Waals surface area contributed by atoms with Crippen molar-refractivity contribution in [1.82, 2.24) is 4.90 Å². The molecule has 1 atom stereocenters. The third-order valence-electron chi connectivity index (χ3n) is 5.93. The first kappa shape index (κ1) is 28.4. The molecular weight excluding hydrogens is 582 g/mol. The molecule has 1 fully saturated rings. The number of carbonyl (C=O) groups excluding carboxylic acids is 3. The first-order chi connectivity index (χ1) is 18.9. The van der Waals surface area contributed by atoms with Gasteiger partial charge in [0.1, 0.15) is 11.0 Å². The summed E-state index contributed by atoms with van der Waals surface area (Å²) in [7, 11) is 1.62. The molecule has 1 aliphatic rings. The number of nitrogens with one attached hydrogen (secondary N) is 1. The lowest BCUT2D eigenvalue weighted by molar-refractivity contribution is -0.129. The van der Waals surface area contributed by atoms with Gasteiger partial charge < -0.3 is 14.8 Å². The Balaban J connectivity index is 1.55. The zero-order valence-corrected chi connectivity index (χ0v) is 24.0. The number of rotatable bonds is 9. The van der Waals surface area contributed by atoms with E-state index >= 15 is 0 Å². The molecule has 4 rings (SSSR count). The molecule has 0 spiro atoms. The number of amides is 2. The summed E-state index contributed by atoms with van der Waals surface area (Å²) < 4.78 is 11.2. The average molecular weight is 611 g/mol. The van der Waals surface area contributed by atoms with Crippen LogP contribution >= 0.6 is 27.7 Å². The highest BCUT2D eigenvalue weighted by Gasteiger charge is 2.35. The second kappa shape index (κ2) is 13.4. The van der Waals surface area contributed by atoms with Gasteiger partial charge in [-0.3, -0.25) is 14.5 Å². The summed E-state index contributed by atoms with van der Waals surface area (Å²) in [5.74, 6) is -0.0998. The van der Waals surface area contributed by atoms with E-state index in [-0.39, 0.29) is 24.8 Å². The fourth-order valence-electron chi connectivity index (χ4n) is 3.85. The first-order valence-corrected chi connectivity index (χ1v) is 14.1. The smallest absolute Gasteiger partial charge is 0.338 e. The van der Waals surface area contributed by atoms with Crippen molar-refractivity contribution in [3.05, 3.63) is 88.4 Å². The lowest BCUT2D eigenvalue weighted by Crippen LogP contribution is -2.46. The van der Waals surface area contributed by atoms with Crippen LogP contribution in [0.3, 0.4) is 0 Å². The number of thioether (sulfide) groups is 1. The molecule has 0 radical (unpaired) electrons. The number of carbonyl (C=O) groups is 3. The monoisotopic (exact) mass is 609 g/mol. The van der Waals surface area contributed by atoms with Gasteiger partial charge in [0.15, 0.2) is 5.17 Å². The maximum atomic E-state index is 13.3. The quantitative estimate of drug-likeness (QED) is 0.306. The van der Waals surface area contributed by atoms with Crippen LogP contribution in [0.2, 0.25) is 0 Å². The number of benzene rings is 3. The van der Waals surface area contributed by atoms with E-state index in [0.717, 1.165) is 15.8 Å². The second-order valence-corrected chi connectivity index (χ2v) is 10.7. The molecule has 0 bridgehead atoms. The van der Waals surface area contributed by atoms with Gasteiger partial charge in [0.05, 0.1) is 25.0 Å². The van der Waals surface area contributed by atoms with Crippen molar-refractivity contribution < 1.29 is 23.9 Å². The SMILES string of the molecule is CCOC(=O)c1ccc(N=C2S[C@@H](C(=O)Nc3ccc(Br)cc3)CC(=O)N2CCc2ccc(OC)cc2)cc1. The van der Waals surface area contributed by atoms with Crippen molar-refractivity contribution in [3.8, 4) is 5.75 Å². The Bertz CT molecular complexity index is 1340. The van der Waals surface area contributed by atoms with Gasteiger partial charge in [-0.15, -0.1) is 0 Å². The van der Waals surface area contributed by atoms with Gasteiger partial charge in [-0.2, -0.15) is 0 Å². The van der Waals surface area contributed by atoms with Gasteiger partial charge in [0.25, 0.3) is 0 Å². The summed E-state index contributed by atoms with van der Waals surface area (Å²) in [6, 6.07) is 21.6. The minimum Gasteiger partial charge on any atom is -0.497 e. The summed E-state index contributed by atoms with van der Waals surface area (Å²) >= 11 is 4.64. The van der Waals surface area contributed by atoms with Crippen molar-refractivity contribution in [2.75, 3.05) is 25.6 Å². The fourth-order valence-corrected chi connectivity index (χ4v) is 5.24. The number of esters is 1. The molecule has 0 saturated carbocycles. The van der Waals surface area contributed by atoms with Crippen LogP contribution in [0.15, 0.2) is 82.3 Å². The highest BCUT2D eigenvalue weighted by molar-refractivity contribution is 9.10. The zero-order valence-electron chi connectivity index (χ0n) is 21.6. The molecule has 10 heteroatoms. The Morgan fingerprint density at radius 2 is 1.74 bits per heavy atom. The van der Waals surface area contributed by atoms with E-state index in [1.165, 1.54) is 11.8 Å². The summed E-state index contributed by atoms with van der Waals surface area (Å²) in [5, 5.41) is 2.68. The summed E-state index contributed by atoms with van der Waals surface area (Å²) in [5.41, 5.74) is 2.66. The molecule has 1 saturated heterocycles. The minimum absolute atomic E-state index is 0.0520. The number of anilines is 1. The largest absolute Gasteiger partial charge is 0.497 e. The Morgan fingerprint density at radius 1 is 1.05 bits per heavy atom. The van der Waals surface area contributed by atoms with Crippen molar-refractivity contribution in [1.29, 1.82) is 0 Å². The van der Waals surface area contributed by atoms with E-state index in [4.69, 9.17) is 14.5 Å². The summed E-state index contributed by atoms with van der Waals surface area (Å²) in [6.07, 6.45) is 0.656. The van der Waals surface area contributed by atoms with Crippen molar-refractivity contribution in [2.24, 2.45) is 4.99 Å². The van der Waals surface area contributed by atoms with Gasteiger partial charge in [-0.05, 0) is 79.6 Å². The maximum absolute atomic E-state index is 13.3. The number of halogens is 1. The van der Waals surface area contributed by atoms with Crippen LogP contribution in [-0.4, -0.2) is 53.4 Å². The van der Waals surface area contributed by atoms with E-state index in [2.05, 4.69) is 21.2 Å². The third-order valence-corrected chi connectivity index (χ3v) is 7.65. The van der Waals surface area contributed by atoms with E-state index in [9.17, 15) is 14.4 Å². The predicted molar refractivity (Wildman–Crippen MR) is 157 cm³/mol. The average Bonchev–Trinajstić information content (AvgIpc) is 2.94. The number of methoxy groups -OCH3 is 1. The van der Waals surface area contributed by atoms with E-state index in [0.29, 0.717) is 35.1 Å². The van der Waals surface area contributed by atoms with Crippen LogP contribution in [0, 0.1) is 0 Å². The molecule has 3 aromatic carbocycles. The van der Waals surface area contributed by atoms with Gasteiger partial charge in [0, 0.05) is 23.1 Å². The molecule has 1 aliphatic heterocycles. The van der Waals surface area contributed by atoms with E-state index in [1.54, 1.807) is 55.3 Å². The number of nitrogens with zero attached hydrogens (tertiary/aromatic N) is 2. The molecule has 3 aromatic rings. The van der Waals surface area contributed by atoms with Crippen LogP contribution in [0.25, 0.3) is 0 Å². The lowest BCUT2D eigenvalue weighted by atomic mass is 10.1. The van der Waals surface area contributed by atoms with Crippen molar-refractivity contribution >= 4 is 62.0 Å². The number of hydrogen-bond donors (Lipinski definition) is 1. The van der Waals surface area contributed by atoms with Crippen molar-refractivity contribution in [2.45, 2.75) is 25.0 Å². The number of ether oxygens (including phenoxy) is 2. The molecule has 39 heavy (non-hydrogen) atoms. The molecule has 0 unspecified atom stereocenters. The summed E-state index contributed by atoms with van der Waals surface area (Å²) in [4.78, 5) is 44.8. The second-order valence-electron chi connectivity index (χ2n) is 8.61.